The van der Waals surface area contributed by atoms with Crippen LogP contribution in [0.25, 0.3) is 5.65 Å². The Hall–Kier alpha value is -2.51. The predicted octanol–water partition coefficient (Wildman–Crippen LogP) is 2.49. The maximum Gasteiger partial charge on any atom is 0.349 e. The molecule has 3 aromatic rings. The monoisotopic (exact) mass is 354 g/mol. The third kappa shape index (κ3) is 2.93. The summed E-state index contributed by atoms with van der Waals surface area (Å²) < 4.78 is 13.8. The Morgan fingerprint density at radius 2 is 2.12 bits per heavy atom. The largest absolute Gasteiger partial charge is 0.370 e. The van der Waals surface area contributed by atoms with Crippen molar-refractivity contribution in [2.75, 3.05) is 0 Å². The Bertz CT molecular complexity index is 937. The van der Waals surface area contributed by atoms with Crippen molar-refractivity contribution < 1.29 is 9.47 Å². The third-order valence-corrected chi connectivity index (χ3v) is 5.06. The zero-order chi connectivity index (χ0) is 18.1. The van der Waals surface area contributed by atoms with E-state index >= 15 is 0 Å². The fraction of sp³-hybridized carbons (Fsp3) is 0.421. The second-order valence-electron chi connectivity index (χ2n) is 6.67. The molecule has 7 heteroatoms. The van der Waals surface area contributed by atoms with Crippen LogP contribution in [0, 0.1) is 5.92 Å². The molecule has 4 rings (SSSR count). The number of nitrogens with one attached hydrogen (secondary N) is 1. The van der Waals surface area contributed by atoms with Crippen molar-refractivity contribution in [3.05, 3.63) is 64.5 Å². The summed E-state index contributed by atoms with van der Waals surface area (Å²) in [5.74, 6) is 0.227. The summed E-state index contributed by atoms with van der Waals surface area (Å²) in [6.45, 7) is 4.77. The van der Waals surface area contributed by atoms with Crippen LogP contribution in [0.5, 0.6) is 0 Å². The van der Waals surface area contributed by atoms with E-state index in [2.05, 4.69) is 28.9 Å². The van der Waals surface area contributed by atoms with Crippen LogP contribution >= 0.6 is 0 Å². The van der Waals surface area contributed by atoms with Crippen LogP contribution in [0.1, 0.15) is 37.5 Å². The molecule has 0 amide bonds. The van der Waals surface area contributed by atoms with Crippen LogP contribution in [0.2, 0.25) is 0 Å². The van der Waals surface area contributed by atoms with Crippen LogP contribution in [0.4, 0.5) is 0 Å². The van der Waals surface area contributed by atoms with Gasteiger partial charge in [-0.2, -0.15) is 9.61 Å². The first-order valence-electron chi connectivity index (χ1n) is 8.91. The van der Waals surface area contributed by atoms with Crippen LogP contribution in [0.15, 0.2) is 47.7 Å². The standard InChI is InChI=1S/C19H22N4O3/c1-3-15-12(2)16(25-10-13-7-5-4-6-8-13)17(26-15)14-9-22-23-18(14)20-11-21-19(23)24/h4-9,11-12,15-17H,3,10H2,1-2H3,(H,20,21,24)/t12-,15-,16-,17+/m1/s1. The van der Waals surface area contributed by atoms with Crippen molar-refractivity contribution >= 4 is 5.65 Å². The van der Waals surface area contributed by atoms with Crippen molar-refractivity contribution in [2.45, 2.75) is 45.2 Å². The highest BCUT2D eigenvalue weighted by Gasteiger charge is 2.44. The van der Waals surface area contributed by atoms with Gasteiger partial charge in [0, 0.05) is 11.5 Å². The lowest BCUT2D eigenvalue weighted by Crippen LogP contribution is -2.25. The van der Waals surface area contributed by atoms with Gasteiger partial charge in [0.1, 0.15) is 6.10 Å². The number of benzene rings is 1. The molecule has 1 fully saturated rings. The molecular formula is C19H22N4O3. The molecule has 1 aromatic carbocycles. The number of fused-ring (bicyclic) bond motifs is 1. The molecule has 0 saturated carbocycles. The molecule has 4 atom stereocenters. The first kappa shape index (κ1) is 16.9. The maximum absolute atomic E-state index is 11.9. The Morgan fingerprint density at radius 1 is 1.31 bits per heavy atom. The van der Waals surface area contributed by atoms with E-state index in [4.69, 9.17) is 9.47 Å². The van der Waals surface area contributed by atoms with Gasteiger partial charge in [0.05, 0.1) is 31.3 Å². The quantitative estimate of drug-likeness (QED) is 0.761. The van der Waals surface area contributed by atoms with Crippen LogP contribution in [-0.4, -0.2) is 31.8 Å². The minimum absolute atomic E-state index is 0.0951. The molecule has 1 aliphatic heterocycles. The molecule has 0 unspecified atom stereocenters. The second-order valence-corrected chi connectivity index (χ2v) is 6.67. The highest BCUT2D eigenvalue weighted by molar-refractivity contribution is 5.47. The zero-order valence-electron chi connectivity index (χ0n) is 14.8. The van der Waals surface area contributed by atoms with E-state index in [1.807, 2.05) is 30.3 Å². The molecule has 26 heavy (non-hydrogen) atoms. The Morgan fingerprint density at radius 3 is 2.88 bits per heavy atom. The minimum atomic E-state index is -0.318. The van der Waals surface area contributed by atoms with Gasteiger partial charge in [-0.1, -0.05) is 44.2 Å². The molecule has 7 nitrogen and oxygen atoms in total. The van der Waals surface area contributed by atoms with E-state index in [0.29, 0.717) is 12.3 Å². The van der Waals surface area contributed by atoms with E-state index in [1.54, 1.807) is 6.20 Å². The molecule has 1 saturated heterocycles. The maximum atomic E-state index is 11.9. The highest BCUT2D eigenvalue weighted by Crippen LogP contribution is 2.41. The molecule has 0 bridgehead atoms. The Kier molecular flexibility index (Phi) is 4.57. The van der Waals surface area contributed by atoms with Gasteiger partial charge >= 0.3 is 5.69 Å². The topological polar surface area (TPSA) is 81.5 Å². The smallest absolute Gasteiger partial charge is 0.349 e. The summed E-state index contributed by atoms with van der Waals surface area (Å²) in [7, 11) is 0. The summed E-state index contributed by atoms with van der Waals surface area (Å²) >= 11 is 0. The molecular weight excluding hydrogens is 332 g/mol. The van der Waals surface area contributed by atoms with Crippen molar-refractivity contribution in [3.63, 3.8) is 0 Å². The average molecular weight is 354 g/mol. The van der Waals surface area contributed by atoms with Crippen molar-refractivity contribution in [1.29, 1.82) is 0 Å². The number of H-pyrrole nitrogens is 1. The number of nitrogens with zero attached hydrogens (tertiary/aromatic N) is 3. The summed E-state index contributed by atoms with van der Waals surface area (Å²) in [6.07, 6.45) is 3.61. The number of hydrogen-bond acceptors (Lipinski definition) is 5. The molecule has 3 heterocycles. The lowest BCUT2D eigenvalue weighted by Gasteiger charge is -2.21. The van der Waals surface area contributed by atoms with E-state index in [-0.39, 0.29) is 29.9 Å². The van der Waals surface area contributed by atoms with Gasteiger partial charge < -0.3 is 9.47 Å². The van der Waals surface area contributed by atoms with E-state index in [0.717, 1.165) is 17.5 Å². The third-order valence-electron chi connectivity index (χ3n) is 5.06. The van der Waals surface area contributed by atoms with Gasteiger partial charge in [-0.3, -0.25) is 4.98 Å². The number of aromatic amines is 1. The lowest BCUT2D eigenvalue weighted by molar-refractivity contribution is -0.0331. The first-order chi connectivity index (χ1) is 12.7. The van der Waals surface area contributed by atoms with Gasteiger partial charge in [0.25, 0.3) is 0 Å². The SMILES string of the molecule is CC[C@H]1O[C@@H](c2cnn3c(=O)[nH]cnc23)[C@H](OCc2ccccc2)[C@@H]1C. The van der Waals surface area contributed by atoms with Gasteiger partial charge in [0.15, 0.2) is 5.65 Å². The van der Waals surface area contributed by atoms with Crippen LogP contribution < -0.4 is 5.69 Å². The molecule has 1 aliphatic rings. The molecule has 0 aliphatic carbocycles. The average Bonchev–Trinajstić information content (AvgIpc) is 3.23. The zero-order valence-corrected chi connectivity index (χ0v) is 14.8. The van der Waals surface area contributed by atoms with Crippen molar-refractivity contribution in [1.82, 2.24) is 19.6 Å². The van der Waals surface area contributed by atoms with Crippen molar-refractivity contribution in [3.8, 4) is 0 Å². The molecule has 1 N–H and O–H groups in total. The normalized spacial score (nSPS) is 25.8. The second kappa shape index (κ2) is 7.01. The molecule has 0 spiro atoms. The van der Waals surface area contributed by atoms with E-state index < -0.39 is 0 Å². The number of hydrogen-bond donors (Lipinski definition) is 1. The first-order valence-corrected chi connectivity index (χ1v) is 8.91. The summed E-state index contributed by atoms with van der Waals surface area (Å²) in [6, 6.07) is 10.1. The predicted molar refractivity (Wildman–Crippen MR) is 95.7 cm³/mol. The molecule has 0 radical (unpaired) electrons. The number of rotatable bonds is 5. The summed E-state index contributed by atoms with van der Waals surface area (Å²) in [4.78, 5) is 18.7. The molecule has 2 aromatic heterocycles. The van der Waals surface area contributed by atoms with E-state index in [9.17, 15) is 4.79 Å². The van der Waals surface area contributed by atoms with Gasteiger partial charge in [-0.05, 0) is 12.0 Å². The number of aromatic nitrogens is 4. The minimum Gasteiger partial charge on any atom is -0.370 e. The fourth-order valence-corrected chi connectivity index (χ4v) is 3.64. The van der Waals surface area contributed by atoms with Gasteiger partial charge in [-0.15, -0.1) is 0 Å². The van der Waals surface area contributed by atoms with Crippen LogP contribution in [0.3, 0.4) is 0 Å². The Labute approximate surface area is 151 Å². The lowest BCUT2D eigenvalue weighted by atomic mass is 9.94. The highest BCUT2D eigenvalue weighted by atomic mass is 16.6. The van der Waals surface area contributed by atoms with Crippen molar-refractivity contribution in [2.24, 2.45) is 5.92 Å². The Balaban J connectivity index is 1.65. The van der Waals surface area contributed by atoms with Crippen LogP contribution in [-0.2, 0) is 16.1 Å². The molecule has 136 valence electrons. The fourth-order valence-electron chi connectivity index (χ4n) is 3.64. The van der Waals surface area contributed by atoms with Gasteiger partial charge in [0.2, 0.25) is 0 Å². The van der Waals surface area contributed by atoms with Gasteiger partial charge in [-0.25, -0.2) is 9.78 Å². The summed E-state index contributed by atoms with van der Waals surface area (Å²) in [5.41, 5.74) is 2.10. The van der Waals surface area contributed by atoms with E-state index in [1.165, 1.54) is 10.8 Å². The number of ether oxygens (including phenoxy) is 2. The summed E-state index contributed by atoms with van der Waals surface area (Å²) in [5, 5.41) is 4.17.